The van der Waals surface area contributed by atoms with Crippen molar-refractivity contribution in [3.8, 4) is 0 Å². The topological polar surface area (TPSA) is 90.5 Å². The van der Waals surface area contributed by atoms with Crippen LogP contribution in [-0.2, 0) is 4.79 Å². The number of hydrogen-bond acceptors (Lipinski definition) is 3. The number of carbonyl (C=O) groups excluding carboxylic acids is 3. The molecule has 0 radical (unpaired) electrons. The second kappa shape index (κ2) is 9.23. The lowest BCUT2D eigenvalue weighted by atomic mass is 9.98. The average molecular weight is 401 g/mol. The van der Waals surface area contributed by atoms with Crippen molar-refractivity contribution in [2.75, 3.05) is 18.4 Å². The molecule has 28 heavy (non-hydrogen) atoms. The van der Waals surface area contributed by atoms with Crippen LogP contribution in [0.2, 0.25) is 5.02 Å². The van der Waals surface area contributed by atoms with Crippen LogP contribution in [0.5, 0.6) is 0 Å². The lowest BCUT2D eigenvalue weighted by Gasteiger charge is -2.32. The van der Waals surface area contributed by atoms with Crippen LogP contribution < -0.4 is 16.2 Å². The largest absolute Gasteiger partial charge is 0.324 e. The van der Waals surface area contributed by atoms with E-state index in [1.54, 1.807) is 35.2 Å². The Morgan fingerprint density at radius 3 is 2.54 bits per heavy atom. The predicted octanol–water partition coefficient (Wildman–Crippen LogP) is 3.05. The number of hydrogen-bond donors (Lipinski definition) is 3. The minimum atomic E-state index is -0.453. The molecule has 146 valence electrons. The molecule has 1 saturated heterocycles. The van der Waals surface area contributed by atoms with Crippen molar-refractivity contribution in [1.82, 2.24) is 15.8 Å². The number of hydrazine groups is 1. The van der Waals surface area contributed by atoms with Crippen LogP contribution in [0.15, 0.2) is 54.6 Å². The highest BCUT2D eigenvalue weighted by atomic mass is 35.5. The van der Waals surface area contributed by atoms with Gasteiger partial charge >= 0.3 is 6.03 Å². The molecular formula is C20H21ClN4O3. The summed E-state index contributed by atoms with van der Waals surface area (Å²) < 4.78 is 0. The summed E-state index contributed by atoms with van der Waals surface area (Å²) in [4.78, 5) is 38.5. The maximum Gasteiger partial charge on any atom is 0.321 e. The molecule has 1 heterocycles. The Kier molecular flexibility index (Phi) is 6.49. The fourth-order valence-corrected chi connectivity index (χ4v) is 3.21. The molecule has 7 nitrogen and oxygen atoms in total. The number of halogens is 1. The third kappa shape index (κ3) is 5.23. The maximum absolute atomic E-state index is 12.4. The minimum Gasteiger partial charge on any atom is -0.324 e. The van der Waals surface area contributed by atoms with E-state index in [-0.39, 0.29) is 18.5 Å². The summed E-state index contributed by atoms with van der Waals surface area (Å²) in [5.74, 6) is -1.17. The Bertz CT molecular complexity index is 860. The second-order valence-corrected chi connectivity index (χ2v) is 6.97. The van der Waals surface area contributed by atoms with Gasteiger partial charge < -0.3 is 10.2 Å². The zero-order valence-electron chi connectivity index (χ0n) is 15.2. The number of urea groups is 1. The number of para-hydroxylation sites is 1. The lowest BCUT2D eigenvalue weighted by molar-refractivity contribution is -0.127. The molecule has 1 aliphatic heterocycles. The number of carbonyl (C=O) groups is 3. The first-order valence-electron chi connectivity index (χ1n) is 8.99. The number of likely N-dealkylation sites (tertiary alicyclic amines) is 1. The molecule has 0 aromatic heterocycles. The standard InChI is InChI=1S/C20H21ClN4O3/c21-16-8-4-6-14(12-16)18(26)23-24-19(27)15-7-5-11-25(13-15)20(28)22-17-9-2-1-3-10-17/h1-4,6,8-10,12,15H,5,7,11,13H2,(H,22,28)(H,23,26)(H,24,27)/t15-/m1/s1. The summed E-state index contributed by atoms with van der Waals surface area (Å²) in [6.45, 7) is 0.870. The zero-order chi connectivity index (χ0) is 19.9. The molecule has 0 spiro atoms. The quantitative estimate of drug-likeness (QED) is 0.691. The van der Waals surface area contributed by atoms with E-state index in [4.69, 9.17) is 11.6 Å². The van der Waals surface area contributed by atoms with Gasteiger partial charge in [0.2, 0.25) is 5.91 Å². The minimum absolute atomic E-state index is 0.244. The second-order valence-electron chi connectivity index (χ2n) is 6.54. The maximum atomic E-state index is 12.4. The fourth-order valence-electron chi connectivity index (χ4n) is 3.02. The molecule has 3 rings (SSSR count). The van der Waals surface area contributed by atoms with Gasteiger partial charge in [-0.2, -0.15) is 0 Å². The van der Waals surface area contributed by atoms with Crippen LogP contribution in [-0.4, -0.2) is 35.8 Å². The number of amides is 4. The SMILES string of the molecule is O=C(NNC(=O)[C@@H]1CCCN(C(=O)Nc2ccccc2)C1)c1cccc(Cl)c1. The molecule has 0 unspecified atom stereocenters. The Balaban J connectivity index is 1.51. The van der Waals surface area contributed by atoms with Crippen LogP contribution in [0.4, 0.5) is 10.5 Å². The molecule has 4 amide bonds. The molecule has 3 N–H and O–H groups in total. The van der Waals surface area contributed by atoms with Gasteiger partial charge in [0.15, 0.2) is 0 Å². The number of benzene rings is 2. The predicted molar refractivity (Wildman–Crippen MR) is 107 cm³/mol. The smallest absolute Gasteiger partial charge is 0.321 e. The fraction of sp³-hybridized carbons (Fsp3) is 0.250. The number of nitrogens with one attached hydrogen (secondary N) is 3. The van der Waals surface area contributed by atoms with Crippen molar-refractivity contribution in [2.24, 2.45) is 5.92 Å². The average Bonchev–Trinajstić information content (AvgIpc) is 2.72. The third-order valence-corrected chi connectivity index (χ3v) is 4.73. The Hall–Kier alpha value is -3.06. The van der Waals surface area contributed by atoms with Gasteiger partial charge in [-0.1, -0.05) is 35.9 Å². The first-order valence-corrected chi connectivity index (χ1v) is 9.37. The van der Waals surface area contributed by atoms with Gasteiger partial charge in [0.05, 0.1) is 5.92 Å². The van der Waals surface area contributed by atoms with Crippen molar-refractivity contribution in [3.05, 3.63) is 65.2 Å². The highest BCUT2D eigenvalue weighted by Gasteiger charge is 2.28. The van der Waals surface area contributed by atoms with Gasteiger partial charge in [-0.05, 0) is 43.2 Å². The third-order valence-electron chi connectivity index (χ3n) is 4.49. The van der Waals surface area contributed by atoms with Gasteiger partial charge in [-0.3, -0.25) is 20.4 Å². The van der Waals surface area contributed by atoms with E-state index in [2.05, 4.69) is 16.2 Å². The number of anilines is 1. The normalized spacial score (nSPS) is 16.2. The van der Waals surface area contributed by atoms with E-state index in [1.807, 2.05) is 18.2 Å². The van der Waals surface area contributed by atoms with E-state index in [0.29, 0.717) is 35.7 Å². The summed E-state index contributed by atoms with van der Waals surface area (Å²) in [7, 11) is 0. The molecule has 1 atom stereocenters. The molecule has 0 aliphatic carbocycles. The van der Waals surface area contributed by atoms with Crippen molar-refractivity contribution < 1.29 is 14.4 Å². The van der Waals surface area contributed by atoms with Gasteiger partial charge in [0.1, 0.15) is 0 Å². The molecule has 8 heteroatoms. The van der Waals surface area contributed by atoms with Crippen molar-refractivity contribution in [3.63, 3.8) is 0 Å². The summed E-state index contributed by atoms with van der Waals surface area (Å²) in [5.41, 5.74) is 5.88. The van der Waals surface area contributed by atoms with Crippen LogP contribution >= 0.6 is 11.6 Å². The molecule has 2 aromatic rings. The van der Waals surface area contributed by atoms with Gasteiger partial charge in [0.25, 0.3) is 5.91 Å². The van der Waals surface area contributed by atoms with E-state index in [0.717, 1.165) is 0 Å². The summed E-state index contributed by atoms with van der Waals surface area (Å²) in [6, 6.07) is 15.3. The van der Waals surface area contributed by atoms with E-state index >= 15 is 0 Å². The lowest BCUT2D eigenvalue weighted by Crippen LogP contribution is -2.50. The summed E-state index contributed by atoms with van der Waals surface area (Å²) in [5, 5.41) is 3.26. The molecule has 2 aromatic carbocycles. The first-order chi connectivity index (χ1) is 13.5. The van der Waals surface area contributed by atoms with E-state index < -0.39 is 11.8 Å². The highest BCUT2D eigenvalue weighted by molar-refractivity contribution is 6.30. The number of rotatable bonds is 3. The molecule has 0 saturated carbocycles. The summed E-state index contributed by atoms with van der Waals surface area (Å²) in [6.07, 6.45) is 1.36. The van der Waals surface area contributed by atoms with Crippen LogP contribution in [0, 0.1) is 5.92 Å². The van der Waals surface area contributed by atoms with Crippen molar-refractivity contribution in [2.45, 2.75) is 12.8 Å². The van der Waals surface area contributed by atoms with Crippen molar-refractivity contribution >= 4 is 35.1 Å². The Labute approximate surface area is 168 Å². The van der Waals surface area contributed by atoms with Crippen molar-refractivity contribution in [1.29, 1.82) is 0 Å². The monoisotopic (exact) mass is 400 g/mol. The highest BCUT2D eigenvalue weighted by Crippen LogP contribution is 2.18. The van der Waals surface area contributed by atoms with Crippen LogP contribution in [0.25, 0.3) is 0 Å². The first kappa shape index (κ1) is 19.7. The number of piperidine rings is 1. The van der Waals surface area contributed by atoms with Crippen LogP contribution in [0.3, 0.4) is 0 Å². The van der Waals surface area contributed by atoms with Gasteiger partial charge in [-0.25, -0.2) is 4.79 Å². The Morgan fingerprint density at radius 1 is 1.00 bits per heavy atom. The van der Waals surface area contributed by atoms with Gasteiger partial charge in [0, 0.05) is 29.4 Å². The number of nitrogens with zero attached hydrogens (tertiary/aromatic N) is 1. The molecule has 0 bridgehead atoms. The zero-order valence-corrected chi connectivity index (χ0v) is 15.9. The van der Waals surface area contributed by atoms with E-state index in [9.17, 15) is 14.4 Å². The van der Waals surface area contributed by atoms with Gasteiger partial charge in [-0.15, -0.1) is 0 Å². The molecule has 1 fully saturated rings. The van der Waals surface area contributed by atoms with E-state index in [1.165, 1.54) is 6.07 Å². The molecule has 1 aliphatic rings. The summed E-state index contributed by atoms with van der Waals surface area (Å²) >= 11 is 5.87. The van der Waals surface area contributed by atoms with Crippen LogP contribution in [0.1, 0.15) is 23.2 Å². The molecular weight excluding hydrogens is 380 g/mol. The Morgan fingerprint density at radius 2 is 1.79 bits per heavy atom.